The van der Waals surface area contributed by atoms with Crippen LogP contribution < -0.4 is 5.73 Å². The SMILES string of the molecule is NC1[C@@H](CO)O[C@@H](O)[C@H]1O. The van der Waals surface area contributed by atoms with Gasteiger partial charge >= 0.3 is 0 Å². The van der Waals surface area contributed by atoms with Crippen molar-refractivity contribution in [1.82, 2.24) is 0 Å². The van der Waals surface area contributed by atoms with Crippen LogP contribution in [0.1, 0.15) is 0 Å². The number of aliphatic hydroxyl groups is 3. The summed E-state index contributed by atoms with van der Waals surface area (Å²) < 4.78 is 4.67. The van der Waals surface area contributed by atoms with Gasteiger partial charge in [0.2, 0.25) is 0 Å². The van der Waals surface area contributed by atoms with Gasteiger partial charge in [-0.25, -0.2) is 0 Å². The van der Waals surface area contributed by atoms with Gasteiger partial charge in [0.25, 0.3) is 0 Å². The first kappa shape index (κ1) is 7.90. The van der Waals surface area contributed by atoms with Crippen molar-refractivity contribution in [1.29, 1.82) is 0 Å². The zero-order valence-electron chi connectivity index (χ0n) is 5.34. The summed E-state index contributed by atoms with van der Waals surface area (Å²) in [6, 6.07) is -0.694. The van der Waals surface area contributed by atoms with Crippen molar-refractivity contribution in [3.63, 3.8) is 0 Å². The highest BCUT2D eigenvalue weighted by Gasteiger charge is 2.39. The Bertz CT molecular complexity index is 120. The summed E-state index contributed by atoms with van der Waals surface area (Å²) >= 11 is 0. The highest BCUT2D eigenvalue weighted by molar-refractivity contribution is 4.88. The topological polar surface area (TPSA) is 95.9 Å². The van der Waals surface area contributed by atoms with Gasteiger partial charge in [-0.15, -0.1) is 0 Å². The standard InChI is InChI=1S/C5H11NO4/c6-3-2(1-7)10-5(9)4(3)8/h2-5,7-9H,1,6H2/t2-,3?,4+,5-/m1/s1. The Hall–Kier alpha value is -0.200. The van der Waals surface area contributed by atoms with Crippen LogP contribution in [-0.4, -0.2) is 46.5 Å². The maximum atomic E-state index is 8.96. The van der Waals surface area contributed by atoms with Gasteiger partial charge in [0.15, 0.2) is 6.29 Å². The first-order chi connectivity index (χ1) is 4.66. The fourth-order valence-electron chi connectivity index (χ4n) is 0.925. The Morgan fingerprint density at radius 3 is 2.20 bits per heavy atom. The summed E-state index contributed by atoms with van der Waals surface area (Å²) in [6.07, 6.45) is -2.99. The molecular weight excluding hydrogens is 138 g/mol. The number of hydrogen-bond acceptors (Lipinski definition) is 5. The molecule has 1 fully saturated rings. The van der Waals surface area contributed by atoms with E-state index in [4.69, 9.17) is 21.1 Å². The van der Waals surface area contributed by atoms with Crippen LogP contribution in [0.2, 0.25) is 0 Å². The molecule has 5 nitrogen and oxygen atoms in total. The predicted octanol–water partition coefficient (Wildman–Crippen LogP) is -2.62. The first-order valence-electron chi connectivity index (χ1n) is 3.05. The summed E-state index contributed by atoms with van der Waals surface area (Å²) in [5.41, 5.74) is 5.33. The molecule has 0 bridgehead atoms. The second-order valence-corrected chi connectivity index (χ2v) is 2.32. The summed E-state index contributed by atoms with van der Waals surface area (Å²) in [7, 11) is 0. The zero-order valence-corrected chi connectivity index (χ0v) is 5.34. The molecule has 0 amide bonds. The normalized spacial score (nSPS) is 48.0. The van der Waals surface area contributed by atoms with Crippen LogP contribution in [0.3, 0.4) is 0 Å². The molecule has 0 aromatic carbocycles. The number of nitrogens with two attached hydrogens (primary N) is 1. The van der Waals surface area contributed by atoms with Gasteiger partial charge in [-0.3, -0.25) is 0 Å². The molecule has 60 valence electrons. The molecule has 0 aliphatic carbocycles. The molecule has 5 heteroatoms. The van der Waals surface area contributed by atoms with Crippen molar-refractivity contribution < 1.29 is 20.1 Å². The first-order valence-corrected chi connectivity index (χ1v) is 3.05. The van der Waals surface area contributed by atoms with E-state index < -0.39 is 24.5 Å². The van der Waals surface area contributed by atoms with Crippen molar-refractivity contribution in [3.05, 3.63) is 0 Å². The van der Waals surface area contributed by atoms with E-state index in [0.29, 0.717) is 0 Å². The van der Waals surface area contributed by atoms with E-state index in [2.05, 4.69) is 4.74 Å². The Labute approximate surface area is 58.0 Å². The second kappa shape index (κ2) is 2.81. The Kier molecular flexibility index (Phi) is 2.22. The molecular formula is C5H11NO4. The third-order valence-electron chi connectivity index (χ3n) is 1.61. The summed E-state index contributed by atoms with van der Waals surface area (Å²) in [6.45, 7) is -0.282. The lowest BCUT2D eigenvalue weighted by atomic mass is 10.1. The van der Waals surface area contributed by atoms with Crippen molar-refractivity contribution in [3.8, 4) is 0 Å². The van der Waals surface area contributed by atoms with E-state index in [1.165, 1.54) is 0 Å². The quantitative estimate of drug-likeness (QED) is 0.327. The molecule has 5 N–H and O–H groups in total. The molecule has 0 saturated carbocycles. The van der Waals surface area contributed by atoms with Crippen LogP contribution in [-0.2, 0) is 4.74 Å². The molecule has 0 aromatic heterocycles. The number of rotatable bonds is 1. The average Bonchev–Trinajstić information content (AvgIpc) is 2.17. The Morgan fingerprint density at radius 2 is 2.00 bits per heavy atom. The van der Waals surface area contributed by atoms with Crippen LogP contribution in [0.25, 0.3) is 0 Å². The molecule has 1 saturated heterocycles. The molecule has 1 aliphatic rings. The lowest BCUT2D eigenvalue weighted by Crippen LogP contribution is -2.41. The molecule has 0 aromatic rings. The molecule has 1 heterocycles. The van der Waals surface area contributed by atoms with Crippen LogP contribution in [0.5, 0.6) is 0 Å². The Balaban J connectivity index is 2.53. The minimum absolute atomic E-state index is 0.282. The maximum Gasteiger partial charge on any atom is 0.182 e. The molecule has 0 radical (unpaired) electrons. The van der Waals surface area contributed by atoms with Crippen LogP contribution in [0, 0.1) is 0 Å². The molecule has 1 rings (SSSR count). The third kappa shape index (κ3) is 1.14. The van der Waals surface area contributed by atoms with Gasteiger partial charge in [0, 0.05) is 0 Å². The van der Waals surface area contributed by atoms with E-state index >= 15 is 0 Å². The molecule has 4 atom stereocenters. The van der Waals surface area contributed by atoms with Gasteiger partial charge in [0.05, 0.1) is 12.6 Å². The van der Waals surface area contributed by atoms with Crippen molar-refractivity contribution in [2.75, 3.05) is 6.61 Å². The zero-order chi connectivity index (χ0) is 7.72. The minimum Gasteiger partial charge on any atom is -0.394 e. The predicted molar refractivity (Wildman–Crippen MR) is 31.9 cm³/mol. The number of hydrogen-bond donors (Lipinski definition) is 4. The fourth-order valence-corrected chi connectivity index (χ4v) is 0.925. The highest BCUT2D eigenvalue weighted by Crippen LogP contribution is 2.16. The van der Waals surface area contributed by atoms with Gasteiger partial charge in [-0.1, -0.05) is 0 Å². The van der Waals surface area contributed by atoms with Gasteiger partial charge < -0.3 is 25.8 Å². The molecule has 1 unspecified atom stereocenters. The lowest BCUT2D eigenvalue weighted by Gasteiger charge is -2.10. The van der Waals surface area contributed by atoms with Crippen molar-refractivity contribution in [2.24, 2.45) is 5.73 Å². The van der Waals surface area contributed by atoms with Crippen LogP contribution in [0.15, 0.2) is 0 Å². The van der Waals surface area contributed by atoms with Gasteiger partial charge in [0.1, 0.15) is 12.2 Å². The summed E-state index contributed by atoms with van der Waals surface area (Å²) in [5, 5.41) is 26.3. The smallest absolute Gasteiger partial charge is 0.182 e. The Morgan fingerprint density at radius 1 is 1.40 bits per heavy atom. The van der Waals surface area contributed by atoms with Gasteiger partial charge in [-0.2, -0.15) is 0 Å². The van der Waals surface area contributed by atoms with E-state index in [9.17, 15) is 0 Å². The second-order valence-electron chi connectivity index (χ2n) is 2.32. The maximum absolute atomic E-state index is 8.96. The van der Waals surface area contributed by atoms with E-state index in [1.54, 1.807) is 0 Å². The minimum atomic E-state index is -1.26. The third-order valence-corrected chi connectivity index (χ3v) is 1.61. The molecule has 10 heavy (non-hydrogen) atoms. The van der Waals surface area contributed by atoms with Crippen molar-refractivity contribution >= 4 is 0 Å². The van der Waals surface area contributed by atoms with Crippen molar-refractivity contribution in [2.45, 2.75) is 24.5 Å². The van der Waals surface area contributed by atoms with Crippen LogP contribution >= 0.6 is 0 Å². The lowest BCUT2D eigenvalue weighted by molar-refractivity contribution is -0.132. The highest BCUT2D eigenvalue weighted by atomic mass is 16.6. The molecule has 0 spiro atoms. The summed E-state index contributed by atoms with van der Waals surface area (Å²) in [4.78, 5) is 0. The summed E-state index contributed by atoms with van der Waals surface area (Å²) in [5.74, 6) is 0. The van der Waals surface area contributed by atoms with E-state index in [0.717, 1.165) is 0 Å². The van der Waals surface area contributed by atoms with Crippen LogP contribution in [0.4, 0.5) is 0 Å². The fraction of sp³-hybridized carbons (Fsp3) is 1.00. The molecule has 1 aliphatic heterocycles. The number of aliphatic hydroxyl groups excluding tert-OH is 3. The largest absolute Gasteiger partial charge is 0.394 e. The van der Waals surface area contributed by atoms with E-state index in [1.807, 2.05) is 0 Å². The average molecular weight is 149 g/mol. The monoisotopic (exact) mass is 149 g/mol. The van der Waals surface area contributed by atoms with E-state index in [-0.39, 0.29) is 6.61 Å². The number of ether oxygens (including phenoxy) is 1. The van der Waals surface area contributed by atoms with Gasteiger partial charge in [-0.05, 0) is 0 Å².